The molecule has 7 rings (SSSR count). The van der Waals surface area contributed by atoms with Crippen molar-refractivity contribution in [2.24, 2.45) is 17.8 Å². The second-order valence-electron chi connectivity index (χ2n) is 13.2. The Balaban J connectivity index is 1.07. The van der Waals surface area contributed by atoms with E-state index in [0.717, 1.165) is 69.0 Å². The second kappa shape index (κ2) is 9.97. The Morgan fingerprint density at radius 3 is 2.46 bits per heavy atom. The number of hydrogen-bond acceptors (Lipinski definition) is 7. The molecule has 4 saturated carbocycles. The Kier molecular flexibility index (Phi) is 6.74. The fourth-order valence-corrected chi connectivity index (χ4v) is 7.70. The highest BCUT2D eigenvalue weighted by atomic mass is 16.5. The molecule has 0 radical (unpaired) electrons. The molecular weight excluding hydrogens is 492 g/mol. The summed E-state index contributed by atoms with van der Waals surface area (Å²) in [5.74, 6) is 2.86. The van der Waals surface area contributed by atoms with E-state index in [2.05, 4.69) is 34.2 Å². The van der Waals surface area contributed by atoms with Crippen LogP contribution >= 0.6 is 0 Å². The number of piperazine rings is 1. The molecule has 4 aliphatic carbocycles. The third kappa shape index (κ3) is 5.59. The zero-order chi connectivity index (χ0) is 27.4. The van der Waals surface area contributed by atoms with Gasteiger partial charge in [-0.15, -0.1) is 0 Å². The number of amides is 1. The molecule has 0 spiro atoms. The fraction of sp³-hybridized carbons (Fsp3) is 0.613. The van der Waals surface area contributed by atoms with Gasteiger partial charge in [0.1, 0.15) is 23.9 Å². The lowest BCUT2D eigenvalue weighted by Gasteiger charge is -2.58. The summed E-state index contributed by atoms with van der Waals surface area (Å²) in [7, 11) is 0. The molecule has 210 valence electrons. The van der Waals surface area contributed by atoms with Gasteiger partial charge >= 0.3 is 0 Å². The van der Waals surface area contributed by atoms with Crippen LogP contribution in [0.25, 0.3) is 0 Å². The van der Waals surface area contributed by atoms with Crippen molar-refractivity contribution in [3.8, 4) is 5.75 Å². The van der Waals surface area contributed by atoms with Gasteiger partial charge in [-0.3, -0.25) is 4.79 Å². The number of carbonyl (C=O) groups is 1. The first-order valence-electron chi connectivity index (χ1n) is 14.5. The summed E-state index contributed by atoms with van der Waals surface area (Å²) in [5, 5.41) is 24.1. The maximum Gasteiger partial charge on any atom is 0.270 e. The van der Waals surface area contributed by atoms with Gasteiger partial charge in [0.05, 0.1) is 11.2 Å². The number of benzene rings is 1. The first-order valence-corrected chi connectivity index (χ1v) is 14.5. The van der Waals surface area contributed by atoms with Crippen LogP contribution in [0.5, 0.6) is 5.75 Å². The van der Waals surface area contributed by atoms with Crippen LogP contribution in [0.1, 0.15) is 63.4 Å². The predicted octanol–water partition coefficient (Wildman–Crippen LogP) is 3.62. The minimum Gasteiger partial charge on any atom is -0.491 e. The van der Waals surface area contributed by atoms with E-state index in [0.29, 0.717) is 23.4 Å². The van der Waals surface area contributed by atoms with E-state index in [1.165, 1.54) is 0 Å². The lowest BCUT2D eigenvalue weighted by Crippen LogP contribution is -2.61. The van der Waals surface area contributed by atoms with Crippen LogP contribution in [0.3, 0.4) is 0 Å². The molecule has 1 saturated heterocycles. The Bertz CT molecular complexity index is 1180. The van der Waals surface area contributed by atoms with Crippen molar-refractivity contribution in [2.75, 3.05) is 36.0 Å². The molecule has 4 bridgehead atoms. The summed E-state index contributed by atoms with van der Waals surface area (Å²) >= 11 is 0. The van der Waals surface area contributed by atoms with Gasteiger partial charge in [0, 0.05) is 37.4 Å². The number of aliphatic hydroxyl groups is 2. The van der Waals surface area contributed by atoms with Gasteiger partial charge in [-0.2, -0.15) is 0 Å². The number of hydrogen-bond donors (Lipinski definition) is 3. The van der Waals surface area contributed by atoms with Crippen LogP contribution in [0.2, 0.25) is 0 Å². The van der Waals surface area contributed by atoms with Gasteiger partial charge in [-0.25, -0.2) is 4.98 Å². The molecule has 3 atom stereocenters. The lowest BCUT2D eigenvalue weighted by atomic mass is 9.52. The van der Waals surface area contributed by atoms with Gasteiger partial charge in [-0.1, -0.05) is 6.07 Å². The van der Waals surface area contributed by atoms with Crippen LogP contribution in [0.4, 0.5) is 11.5 Å². The number of rotatable bonds is 7. The molecule has 2 unspecified atom stereocenters. The molecule has 1 aromatic carbocycles. The van der Waals surface area contributed by atoms with E-state index in [1.807, 2.05) is 30.3 Å². The molecular formula is C31H42N4O4. The third-order valence-corrected chi connectivity index (χ3v) is 9.22. The summed E-state index contributed by atoms with van der Waals surface area (Å²) in [6.07, 6.45) is 4.82. The summed E-state index contributed by atoms with van der Waals surface area (Å²) in [4.78, 5) is 22.8. The van der Waals surface area contributed by atoms with Crippen LogP contribution < -0.4 is 19.9 Å². The van der Waals surface area contributed by atoms with Crippen molar-refractivity contribution in [2.45, 2.75) is 76.2 Å². The van der Waals surface area contributed by atoms with E-state index >= 15 is 0 Å². The number of pyridine rings is 1. The first kappa shape index (κ1) is 26.4. The summed E-state index contributed by atoms with van der Waals surface area (Å²) < 4.78 is 5.69. The SMILES string of the molecule is C[C@@H]1CN(c2ccc(OCC(C)(C)O)cc2)CCN1c1cccc(C(=O)N[C@H]2C3CC4CC2C[C@](O)(C4)C3)n1. The highest BCUT2D eigenvalue weighted by molar-refractivity contribution is 5.93. The smallest absolute Gasteiger partial charge is 0.270 e. The van der Waals surface area contributed by atoms with Gasteiger partial charge < -0.3 is 30.1 Å². The average molecular weight is 535 g/mol. The van der Waals surface area contributed by atoms with E-state index in [4.69, 9.17) is 9.72 Å². The molecule has 2 aromatic rings. The molecule has 8 heteroatoms. The number of nitrogens with zero attached hydrogens (tertiary/aromatic N) is 3. The zero-order valence-corrected chi connectivity index (χ0v) is 23.3. The molecule has 39 heavy (non-hydrogen) atoms. The van der Waals surface area contributed by atoms with Crippen molar-refractivity contribution in [1.29, 1.82) is 0 Å². The Labute approximate surface area is 231 Å². The number of nitrogens with one attached hydrogen (secondary N) is 1. The molecule has 1 amide bonds. The van der Waals surface area contributed by atoms with Gasteiger partial charge in [0.2, 0.25) is 0 Å². The first-order chi connectivity index (χ1) is 18.6. The molecule has 5 aliphatic rings. The van der Waals surface area contributed by atoms with Gasteiger partial charge in [0.25, 0.3) is 5.91 Å². The zero-order valence-electron chi connectivity index (χ0n) is 23.3. The minimum absolute atomic E-state index is 0.0977. The Morgan fingerprint density at radius 1 is 1.10 bits per heavy atom. The van der Waals surface area contributed by atoms with E-state index in [-0.39, 0.29) is 24.6 Å². The molecule has 2 heterocycles. The third-order valence-electron chi connectivity index (χ3n) is 9.22. The second-order valence-corrected chi connectivity index (χ2v) is 13.2. The highest BCUT2D eigenvalue weighted by Gasteiger charge is 2.55. The van der Waals surface area contributed by atoms with Crippen molar-refractivity contribution in [3.05, 3.63) is 48.2 Å². The standard InChI is InChI=1S/C31H42N4O4/c1-20-18-34(24-7-9-25(10-8-24)39-19-30(2,3)37)11-12-35(20)27-6-4-5-26(32-27)29(36)33-28-22-13-21-14-23(28)17-31(38,15-21)16-22/h4-10,20-23,28,37-38H,11-19H2,1-3H3,(H,33,36)/t20-,21?,22?,23?,28-,31-/m1/s1. The number of ether oxygens (including phenoxy) is 1. The molecule has 3 N–H and O–H groups in total. The fourth-order valence-electron chi connectivity index (χ4n) is 7.70. The van der Waals surface area contributed by atoms with Crippen molar-refractivity contribution in [3.63, 3.8) is 0 Å². The van der Waals surface area contributed by atoms with E-state index in [9.17, 15) is 15.0 Å². The summed E-state index contributed by atoms with van der Waals surface area (Å²) in [6.45, 7) is 8.41. The van der Waals surface area contributed by atoms with Gasteiger partial charge in [0.15, 0.2) is 0 Å². The molecule has 5 fully saturated rings. The van der Waals surface area contributed by atoms with Crippen LogP contribution in [-0.2, 0) is 0 Å². The monoisotopic (exact) mass is 534 g/mol. The molecule has 1 aromatic heterocycles. The van der Waals surface area contributed by atoms with Crippen LogP contribution in [-0.4, -0.2) is 70.6 Å². The van der Waals surface area contributed by atoms with E-state index in [1.54, 1.807) is 13.8 Å². The van der Waals surface area contributed by atoms with Crippen LogP contribution in [0.15, 0.2) is 42.5 Å². The summed E-state index contributed by atoms with van der Waals surface area (Å²) in [6, 6.07) is 14.1. The molecule has 1 aliphatic heterocycles. The normalized spacial score (nSPS) is 31.9. The molecule has 8 nitrogen and oxygen atoms in total. The summed E-state index contributed by atoms with van der Waals surface area (Å²) in [5.41, 5.74) is 0.241. The Hall–Kier alpha value is -2.84. The van der Waals surface area contributed by atoms with Gasteiger partial charge in [-0.05, 0) is 107 Å². The number of carbonyl (C=O) groups excluding carboxylic acids is 1. The maximum atomic E-state index is 13.3. The van der Waals surface area contributed by atoms with Crippen LogP contribution in [0, 0.1) is 17.8 Å². The van der Waals surface area contributed by atoms with Crippen molar-refractivity contribution >= 4 is 17.4 Å². The quantitative estimate of drug-likeness (QED) is 0.499. The number of anilines is 2. The minimum atomic E-state index is -0.866. The maximum absolute atomic E-state index is 13.3. The number of aromatic nitrogens is 1. The largest absolute Gasteiger partial charge is 0.491 e. The topological polar surface area (TPSA) is 98.2 Å². The lowest BCUT2D eigenvalue weighted by molar-refractivity contribution is -0.136. The average Bonchev–Trinajstić information content (AvgIpc) is 2.88. The van der Waals surface area contributed by atoms with E-state index < -0.39 is 11.2 Å². The van der Waals surface area contributed by atoms with Crippen molar-refractivity contribution < 1.29 is 19.7 Å². The van der Waals surface area contributed by atoms with Crippen molar-refractivity contribution in [1.82, 2.24) is 10.3 Å². The Morgan fingerprint density at radius 2 is 1.82 bits per heavy atom. The predicted molar refractivity (Wildman–Crippen MR) is 151 cm³/mol. The highest BCUT2D eigenvalue weighted by Crippen LogP contribution is 2.55.